The maximum atomic E-state index is 9.03. The van der Waals surface area contributed by atoms with E-state index in [-0.39, 0.29) is 5.41 Å². The smallest absolute Gasteiger partial charge is 0.0991 e. The van der Waals surface area contributed by atoms with Crippen molar-refractivity contribution in [1.82, 2.24) is 0 Å². The Morgan fingerprint density at radius 1 is 1.00 bits per heavy atom. The van der Waals surface area contributed by atoms with Crippen LogP contribution in [0.3, 0.4) is 0 Å². The molecule has 0 atom stereocenters. The third-order valence-corrected chi connectivity index (χ3v) is 3.83. The number of rotatable bonds is 0. The highest BCUT2D eigenvalue weighted by Crippen LogP contribution is 2.49. The highest BCUT2D eigenvalue weighted by atomic mass is 14.5. The first-order chi connectivity index (χ1) is 8.54. The number of anilines is 1. The monoisotopic (exact) mass is 234 g/mol. The number of hydrogen-bond acceptors (Lipinski definition) is 2. The van der Waals surface area contributed by atoms with E-state index in [1.165, 1.54) is 22.3 Å². The van der Waals surface area contributed by atoms with Crippen molar-refractivity contribution in [2.24, 2.45) is 0 Å². The standard InChI is InChI=1S/C16H14N2/c1-16(2)14-7-10(9-17)3-5-12(14)13-6-4-11(18)8-15(13)16/h3-8H,18H2,1-2H3. The second kappa shape index (κ2) is 3.36. The maximum Gasteiger partial charge on any atom is 0.0991 e. The van der Waals surface area contributed by atoms with Gasteiger partial charge in [0.05, 0.1) is 11.6 Å². The van der Waals surface area contributed by atoms with Crippen LogP contribution in [0.25, 0.3) is 11.1 Å². The van der Waals surface area contributed by atoms with Gasteiger partial charge >= 0.3 is 0 Å². The zero-order valence-corrected chi connectivity index (χ0v) is 10.5. The normalized spacial score (nSPS) is 14.7. The average molecular weight is 234 g/mol. The molecule has 2 N–H and O–H groups in total. The molecular formula is C16H14N2. The molecule has 88 valence electrons. The lowest BCUT2D eigenvalue weighted by molar-refractivity contribution is 0.660. The van der Waals surface area contributed by atoms with Gasteiger partial charge < -0.3 is 5.73 Å². The summed E-state index contributed by atoms with van der Waals surface area (Å²) < 4.78 is 0. The fourth-order valence-electron chi connectivity index (χ4n) is 2.82. The number of nitriles is 1. The molecule has 0 aliphatic heterocycles. The maximum absolute atomic E-state index is 9.03. The molecular weight excluding hydrogens is 220 g/mol. The minimum atomic E-state index is -0.0904. The zero-order valence-electron chi connectivity index (χ0n) is 10.5. The van der Waals surface area contributed by atoms with Crippen LogP contribution in [0.1, 0.15) is 30.5 Å². The molecule has 1 aliphatic carbocycles. The summed E-state index contributed by atoms with van der Waals surface area (Å²) in [4.78, 5) is 0. The average Bonchev–Trinajstić information content (AvgIpc) is 2.58. The van der Waals surface area contributed by atoms with Crippen LogP contribution in [-0.2, 0) is 5.41 Å². The third kappa shape index (κ3) is 1.28. The van der Waals surface area contributed by atoms with E-state index in [9.17, 15) is 0 Å². The van der Waals surface area contributed by atoms with Crippen molar-refractivity contribution in [1.29, 1.82) is 5.26 Å². The van der Waals surface area contributed by atoms with Gasteiger partial charge in [0.25, 0.3) is 0 Å². The number of fused-ring (bicyclic) bond motifs is 3. The SMILES string of the molecule is CC1(C)c2cc(N)ccc2-c2ccc(C#N)cc21. The van der Waals surface area contributed by atoms with E-state index < -0.39 is 0 Å². The molecule has 0 heterocycles. The third-order valence-electron chi connectivity index (χ3n) is 3.83. The molecule has 18 heavy (non-hydrogen) atoms. The summed E-state index contributed by atoms with van der Waals surface area (Å²) in [6.45, 7) is 4.36. The molecule has 1 aliphatic rings. The van der Waals surface area contributed by atoms with Crippen LogP contribution in [0.2, 0.25) is 0 Å². The van der Waals surface area contributed by atoms with Crippen molar-refractivity contribution in [3.63, 3.8) is 0 Å². The lowest BCUT2D eigenvalue weighted by Gasteiger charge is -2.21. The van der Waals surface area contributed by atoms with Gasteiger partial charge in [0.15, 0.2) is 0 Å². The Balaban J connectivity index is 2.35. The Kier molecular flexibility index (Phi) is 2.03. The van der Waals surface area contributed by atoms with Crippen LogP contribution in [0.15, 0.2) is 36.4 Å². The molecule has 0 saturated heterocycles. The van der Waals surface area contributed by atoms with Gasteiger partial charge in [0, 0.05) is 11.1 Å². The topological polar surface area (TPSA) is 49.8 Å². The van der Waals surface area contributed by atoms with Crippen LogP contribution in [0.5, 0.6) is 0 Å². The quantitative estimate of drug-likeness (QED) is 0.710. The molecule has 0 bridgehead atoms. The minimum absolute atomic E-state index is 0.0904. The van der Waals surface area contributed by atoms with E-state index in [0.717, 1.165) is 5.69 Å². The van der Waals surface area contributed by atoms with E-state index in [1.54, 1.807) is 0 Å². The van der Waals surface area contributed by atoms with Crippen molar-refractivity contribution in [3.05, 3.63) is 53.1 Å². The predicted molar refractivity (Wildman–Crippen MR) is 73.1 cm³/mol. The van der Waals surface area contributed by atoms with Gasteiger partial charge in [-0.15, -0.1) is 0 Å². The highest BCUT2D eigenvalue weighted by Gasteiger charge is 2.35. The van der Waals surface area contributed by atoms with E-state index in [0.29, 0.717) is 5.56 Å². The van der Waals surface area contributed by atoms with Gasteiger partial charge in [0.2, 0.25) is 0 Å². The van der Waals surface area contributed by atoms with Crippen molar-refractivity contribution in [2.45, 2.75) is 19.3 Å². The van der Waals surface area contributed by atoms with Gasteiger partial charge in [0.1, 0.15) is 0 Å². The van der Waals surface area contributed by atoms with Gasteiger partial charge in [-0.05, 0) is 46.5 Å². The number of nitrogens with two attached hydrogens (primary N) is 1. The van der Waals surface area contributed by atoms with Crippen molar-refractivity contribution in [2.75, 3.05) is 5.73 Å². The van der Waals surface area contributed by atoms with E-state index in [4.69, 9.17) is 11.0 Å². The van der Waals surface area contributed by atoms with E-state index in [1.807, 2.05) is 30.3 Å². The Hall–Kier alpha value is -2.27. The predicted octanol–water partition coefficient (Wildman–Crippen LogP) is 3.45. The second-order valence-electron chi connectivity index (χ2n) is 5.30. The molecule has 0 fully saturated rings. The Morgan fingerprint density at radius 3 is 2.28 bits per heavy atom. The largest absolute Gasteiger partial charge is 0.399 e. The van der Waals surface area contributed by atoms with Crippen LogP contribution in [0.4, 0.5) is 5.69 Å². The number of hydrogen-bond donors (Lipinski definition) is 1. The molecule has 2 heteroatoms. The fraction of sp³-hybridized carbons (Fsp3) is 0.188. The van der Waals surface area contributed by atoms with Crippen molar-refractivity contribution >= 4 is 5.69 Å². The summed E-state index contributed by atoms with van der Waals surface area (Å²) in [6, 6.07) is 14.2. The summed E-state index contributed by atoms with van der Waals surface area (Å²) in [5.74, 6) is 0. The minimum Gasteiger partial charge on any atom is -0.399 e. The van der Waals surface area contributed by atoms with Crippen LogP contribution < -0.4 is 5.73 Å². The lowest BCUT2D eigenvalue weighted by Crippen LogP contribution is -2.15. The Morgan fingerprint density at radius 2 is 1.61 bits per heavy atom. The molecule has 3 rings (SSSR count). The number of nitrogens with zero attached hydrogens (tertiary/aromatic N) is 1. The van der Waals surface area contributed by atoms with Gasteiger partial charge in [-0.1, -0.05) is 26.0 Å². The Bertz CT molecular complexity index is 691. The molecule has 2 aromatic carbocycles. The fourth-order valence-corrected chi connectivity index (χ4v) is 2.82. The lowest BCUT2D eigenvalue weighted by atomic mass is 9.82. The number of benzene rings is 2. The van der Waals surface area contributed by atoms with Crippen molar-refractivity contribution < 1.29 is 0 Å². The molecule has 0 amide bonds. The summed E-state index contributed by atoms with van der Waals surface area (Å²) in [7, 11) is 0. The molecule has 2 aromatic rings. The summed E-state index contributed by atoms with van der Waals surface area (Å²) >= 11 is 0. The van der Waals surface area contributed by atoms with E-state index in [2.05, 4.69) is 26.0 Å². The van der Waals surface area contributed by atoms with Gasteiger partial charge in [-0.2, -0.15) is 5.26 Å². The first-order valence-corrected chi connectivity index (χ1v) is 5.99. The first kappa shape index (κ1) is 10.9. The zero-order chi connectivity index (χ0) is 12.9. The van der Waals surface area contributed by atoms with Crippen LogP contribution >= 0.6 is 0 Å². The van der Waals surface area contributed by atoms with Gasteiger partial charge in [-0.3, -0.25) is 0 Å². The van der Waals surface area contributed by atoms with E-state index >= 15 is 0 Å². The molecule has 0 aromatic heterocycles. The molecule has 2 nitrogen and oxygen atoms in total. The van der Waals surface area contributed by atoms with Crippen molar-refractivity contribution in [3.8, 4) is 17.2 Å². The second-order valence-corrected chi connectivity index (χ2v) is 5.30. The van der Waals surface area contributed by atoms with Crippen LogP contribution in [0, 0.1) is 11.3 Å². The summed E-state index contributed by atoms with van der Waals surface area (Å²) in [5, 5.41) is 9.03. The molecule has 0 spiro atoms. The summed E-state index contributed by atoms with van der Waals surface area (Å²) in [5.41, 5.74) is 12.2. The molecule has 0 saturated carbocycles. The Labute approximate surface area is 107 Å². The molecule has 0 unspecified atom stereocenters. The number of nitrogen functional groups attached to an aromatic ring is 1. The van der Waals surface area contributed by atoms with Gasteiger partial charge in [-0.25, -0.2) is 0 Å². The summed E-state index contributed by atoms with van der Waals surface area (Å²) in [6.07, 6.45) is 0. The highest BCUT2D eigenvalue weighted by molar-refractivity contribution is 5.82. The molecule has 0 radical (unpaired) electrons. The first-order valence-electron chi connectivity index (χ1n) is 5.99. The van der Waals surface area contributed by atoms with Crippen LogP contribution in [-0.4, -0.2) is 0 Å².